The first kappa shape index (κ1) is 15.9. The van der Waals surface area contributed by atoms with Crippen LogP contribution in [0.2, 0.25) is 5.02 Å². The lowest BCUT2D eigenvalue weighted by Gasteiger charge is -2.15. The fraction of sp³-hybridized carbons (Fsp3) is 0.438. The Morgan fingerprint density at radius 2 is 2.24 bits per heavy atom. The van der Waals surface area contributed by atoms with Crippen LogP contribution in [-0.2, 0) is 6.54 Å². The molecule has 0 aliphatic heterocycles. The normalized spacial score (nSPS) is 12.4. The highest BCUT2D eigenvalue weighted by atomic mass is 35.5. The molecule has 2 rings (SSSR count). The molecule has 1 unspecified atom stereocenters. The number of hydrogen-bond acceptors (Lipinski definition) is 3. The zero-order valence-electron chi connectivity index (χ0n) is 12.6. The van der Waals surface area contributed by atoms with Gasteiger partial charge in [-0.2, -0.15) is 5.10 Å². The number of rotatable bonds is 7. The van der Waals surface area contributed by atoms with E-state index in [1.165, 1.54) is 5.56 Å². The van der Waals surface area contributed by atoms with Gasteiger partial charge in [-0.1, -0.05) is 30.7 Å². The Morgan fingerprint density at radius 3 is 2.95 bits per heavy atom. The van der Waals surface area contributed by atoms with E-state index in [2.05, 4.69) is 12.0 Å². The van der Waals surface area contributed by atoms with Crippen molar-refractivity contribution >= 4 is 11.6 Å². The van der Waals surface area contributed by atoms with Gasteiger partial charge in [0.2, 0.25) is 0 Å². The molecule has 0 saturated heterocycles. The van der Waals surface area contributed by atoms with Gasteiger partial charge in [-0.25, -0.2) is 0 Å². The lowest BCUT2D eigenvalue weighted by Crippen LogP contribution is -2.19. The molecule has 0 saturated carbocycles. The van der Waals surface area contributed by atoms with Gasteiger partial charge in [0.05, 0.1) is 29.6 Å². The molecular weight excluding hydrogens is 286 g/mol. The van der Waals surface area contributed by atoms with E-state index in [0.29, 0.717) is 18.1 Å². The van der Waals surface area contributed by atoms with E-state index in [1.807, 2.05) is 35.9 Å². The molecule has 1 heterocycles. The highest BCUT2D eigenvalue weighted by molar-refractivity contribution is 6.31. The number of benzene rings is 1. The van der Waals surface area contributed by atoms with Crippen LogP contribution in [0.5, 0.6) is 5.75 Å². The van der Waals surface area contributed by atoms with Crippen molar-refractivity contribution in [3.8, 4) is 5.75 Å². The number of hydrogen-bond donors (Lipinski definition) is 1. The maximum atomic E-state index is 6.24. The van der Waals surface area contributed by atoms with Crippen molar-refractivity contribution in [1.82, 2.24) is 9.78 Å². The maximum absolute atomic E-state index is 6.24. The third kappa shape index (κ3) is 4.22. The summed E-state index contributed by atoms with van der Waals surface area (Å²) in [6.07, 6.45) is 3.36. The van der Waals surface area contributed by atoms with Gasteiger partial charge >= 0.3 is 0 Å². The third-order valence-corrected chi connectivity index (χ3v) is 3.60. The second kappa shape index (κ2) is 7.48. The highest BCUT2D eigenvalue weighted by Crippen LogP contribution is 2.24. The summed E-state index contributed by atoms with van der Waals surface area (Å²) < 4.78 is 7.63. The molecule has 1 aromatic heterocycles. The summed E-state index contributed by atoms with van der Waals surface area (Å²) >= 11 is 6.19. The van der Waals surface area contributed by atoms with Gasteiger partial charge in [0, 0.05) is 13.0 Å². The van der Waals surface area contributed by atoms with Crippen molar-refractivity contribution in [1.29, 1.82) is 0 Å². The quantitative estimate of drug-likeness (QED) is 0.848. The Morgan fingerprint density at radius 1 is 1.43 bits per heavy atom. The Bertz CT molecular complexity index is 583. The number of nitrogens with two attached hydrogens (primary N) is 1. The van der Waals surface area contributed by atoms with Crippen molar-refractivity contribution in [3.63, 3.8) is 0 Å². The predicted molar refractivity (Wildman–Crippen MR) is 85.7 cm³/mol. The summed E-state index contributed by atoms with van der Waals surface area (Å²) in [5, 5.41) is 4.90. The first-order chi connectivity index (χ1) is 10.1. The number of ether oxygens (including phenoxy) is 1. The van der Waals surface area contributed by atoms with E-state index in [4.69, 9.17) is 22.1 Å². The van der Waals surface area contributed by atoms with Crippen LogP contribution in [0, 0.1) is 6.92 Å². The molecule has 2 aromatic rings. The molecule has 2 N–H and O–H groups in total. The van der Waals surface area contributed by atoms with Gasteiger partial charge in [-0.05, 0) is 31.0 Å². The van der Waals surface area contributed by atoms with Gasteiger partial charge in [0.25, 0.3) is 0 Å². The fourth-order valence-electron chi connectivity index (χ4n) is 2.28. The standard InChI is InChI=1S/C16H22ClN3O/c1-3-8-20-16(14(17)11-19-20)15(18)7-9-21-13-6-4-5-12(2)10-13/h4-6,10-11,15H,3,7-9,18H2,1-2H3. The molecule has 4 nitrogen and oxygen atoms in total. The average molecular weight is 308 g/mol. The number of aromatic nitrogens is 2. The van der Waals surface area contributed by atoms with Crippen LogP contribution in [0.3, 0.4) is 0 Å². The van der Waals surface area contributed by atoms with E-state index in [0.717, 1.165) is 24.4 Å². The van der Waals surface area contributed by atoms with Gasteiger partial charge in [0.1, 0.15) is 5.75 Å². The molecule has 0 aliphatic carbocycles. The van der Waals surface area contributed by atoms with Crippen LogP contribution in [0.25, 0.3) is 0 Å². The molecule has 0 radical (unpaired) electrons. The Labute approximate surface area is 130 Å². The molecule has 0 spiro atoms. The largest absolute Gasteiger partial charge is 0.494 e. The van der Waals surface area contributed by atoms with E-state index in [-0.39, 0.29) is 6.04 Å². The van der Waals surface area contributed by atoms with Crippen LogP contribution in [0.4, 0.5) is 0 Å². The summed E-state index contributed by atoms with van der Waals surface area (Å²) in [6.45, 7) is 5.53. The number of nitrogens with zero attached hydrogens (tertiary/aromatic N) is 2. The predicted octanol–water partition coefficient (Wildman–Crippen LogP) is 3.72. The van der Waals surface area contributed by atoms with E-state index in [9.17, 15) is 0 Å². The lowest BCUT2D eigenvalue weighted by atomic mass is 10.1. The van der Waals surface area contributed by atoms with E-state index >= 15 is 0 Å². The van der Waals surface area contributed by atoms with Crippen LogP contribution in [-0.4, -0.2) is 16.4 Å². The molecule has 5 heteroatoms. The van der Waals surface area contributed by atoms with Crippen molar-refractivity contribution in [2.45, 2.75) is 39.3 Å². The molecule has 0 amide bonds. The molecule has 21 heavy (non-hydrogen) atoms. The SMILES string of the molecule is CCCn1ncc(Cl)c1C(N)CCOc1cccc(C)c1. The van der Waals surface area contributed by atoms with Gasteiger partial charge in [-0.15, -0.1) is 0 Å². The highest BCUT2D eigenvalue weighted by Gasteiger charge is 2.16. The van der Waals surface area contributed by atoms with Gasteiger partial charge in [-0.3, -0.25) is 4.68 Å². The third-order valence-electron chi connectivity index (χ3n) is 3.31. The van der Waals surface area contributed by atoms with Gasteiger partial charge < -0.3 is 10.5 Å². The summed E-state index contributed by atoms with van der Waals surface area (Å²) in [7, 11) is 0. The average Bonchev–Trinajstić information content (AvgIpc) is 2.80. The van der Waals surface area contributed by atoms with Crippen molar-refractivity contribution in [2.24, 2.45) is 5.73 Å². The van der Waals surface area contributed by atoms with E-state index in [1.54, 1.807) is 6.20 Å². The topological polar surface area (TPSA) is 53.1 Å². The number of aryl methyl sites for hydroxylation is 2. The summed E-state index contributed by atoms with van der Waals surface area (Å²) in [6, 6.07) is 7.82. The Hall–Kier alpha value is -1.52. The lowest BCUT2D eigenvalue weighted by molar-refractivity contribution is 0.295. The number of halogens is 1. The van der Waals surface area contributed by atoms with E-state index < -0.39 is 0 Å². The molecular formula is C16H22ClN3O. The summed E-state index contributed by atoms with van der Waals surface area (Å²) in [5.74, 6) is 0.871. The van der Waals surface area contributed by atoms with Crippen molar-refractivity contribution in [3.05, 3.63) is 46.7 Å². The van der Waals surface area contributed by atoms with Crippen molar-refractivity contribution < 1.29 is 4.74 Å². The smallest absolute Gasteiger partial charge is 0.119 e. The fourth-order valence-corrected chi connectivity index (χ4v) is 2.56. The monoisotopic (exact) mass is 307 g/mol. The zero-order chi connectivity index (χ0) is 15.2. The minimum atomic E-state index is -0.170. The first-order valence-corrected chi connectivity index (χ1v) is 7.66. The van der Waals surface area contributed by atoms with Gasteiger partial charge in [0.15, 0.2) is 0 Å². The zero-order valence-corrected chi connectivity index (χ0v) is 13.3. The molecule has 1 aromatic carbocycles. The maximum Gasteiger partial charge on any atom is 0.119 e. The molecule has 0 fully saturated rings. The van der Waals surface area contributed by atoms with Crippen LogP contribution in [0.15, 0.2) is 30.5 Å². The first-order valence-electron chi connectivity index (χ1n) is 7.28. The Balaban J connectivity index is 1.93. The Kier molecular flexibility index (Phi) is 5.65. The second-order valence-electron chi connectivity index (χ2n) is 5.16. The minimum Gasteiger partial charge on any atom is -0.494 e. The summed E-state index contributed by atoms with van der Waals surface area (Å²) in [5.41, 5.74) is 8.32. The minimum absolute atomic E-state index is 0.170. The molecule has 0 bridgehead atoms. The molecule has 1 atom stereocenters. The summed E-state index contributed by atoms with van der Waals surface area (Å²) in [4.78, 5) is 0. The van der Waals surface area contributed by atoms with Crippen LogP contribution < -0.4 is 10.5 Å². The van der Waals surface area contributed by atoms with Crippen LogP contribution >= 0.6 is 11.6 Å². The molecule has 114 valence electrons. The molecule has 0 aliphatic rings. The van der Waals surface area contributed by atoms with Crippen molar-refractivity contribution in [2.75, 3.05) is 6.61 Å². The van der Waals surface area contributed by atoms with Crippen LogP contribution in [0.1, 0.15) is 37.1 Å². The second-order valence-corrected chi connectivity index (χ2v) is 5.57.